The Hall–Kier alpha value is -2.95. The third-order valence-corrected chi connectivity index (χ3v) is 3.05. The molecule has 0 aliphatic carbocycles. The first-order valence-electron chi connectivity index (χ1n) is 6.55. The van der Waals surface area contributed by atoms with Gasteiger partial charge in [0.25, 0.3) is 5.91 Å². The van der Waals surface area contributed by atoms with Crippen molar-refractivity contribution in [3.05, 3.63) is 78.1 Å². The Morgan fingerprint density at radius 1 is 0.955 bits per heavy atom. The summed E-state index contributed by atoms with van der Waals surface area (Å²) < 4.78 is 32.1. The zero-order valence-corrected chi connectivity index (χ0v) is 11.3. The first-order chi connectivity index (χ1) is 10.6. The first-order valence-corrected chi connectivity index (χ1v) is 6.55. The van der Waals surface area contributed by atoms with E-state index in [0.29, 0.717) is 5.69 Å². The minimum atomic E-state index is -0.534. The lowest BCUT2D eigenvalue weighted by Gasteiger charge is -2.03. The fourth-order valence-corrected chi connectivity index (χ4v) is 2.02. The number of carbonyl (C=O) groups excluding carboxylic acids is 1. The van der Waals surface area contributed by atoms with E-state index in [1.165, 1.54) is 36.4 Å². The third kappa shape index (κ3) is 2.88. The molecule has 0 aliphatic heterocycles. The van der Waals surface area contributed by atoms with Crippen molar-refractivity contribution in [3.63, 3.8) is 0 Å². The van der Waals surface area contributed by atoms with Crippen LogP contribution in [0.25, 0.3) is 11.3 Å². The van der Waals surface area contributed by atoms with Crippen LogP contribution in [-0.4, -0.2) is 5.91 Å². The lowest BCUT2D eigenvalue weighted by Crippen LogP contribution is -2.10. The molecule has 2 aromatic carbocycles. The Bertz CT molecular complexity index is 827. The molecule has 22 heavy (non-hydrogen) atoms. The normalized spacial score (nSPS) is 10.5. The Kier molecular flexibility index (Phi) is 3.70. The maximum atomic E-state index is 13.7. The predicted molar refractivity (Wildman–Crippen MR) is 78.5 cm³/mol. The van der Waals surface area contributed by atoms with E-state index in [0.717, 1.165) is 0 Å². The highest BCUT2D eigenvalue weighted by atomic mass is 19.1. The summed E-state index contributed by atoms with van der Waals surface area (Å²) in [5, 5.41) is 2.51. The summed E-state index contributed by atoms with van der Waals surface area (Å²) in [6.07, 6.45) is 0. The van der Waals surface area contributed by atoms with Gasteiger partial charge in [0.1, 0.15) is 17.4 Å². The van der Waals surface area contributed by atoms with Crippen LogP contribution in [-0.2, 0) is 0 Å². The molecule has 1 N–H and O–H groups in total. The van der Waals surface area contributed by atoms with E-state index < -0.39 is 17.5 Å². The molecule has 1 amide bonds. The largest absolute Gasteiger partial charge is 0.451 e. The van der Waals surface area contributed by atoms with Gasteiger partial charge in [0.05, 0.1) is 5.56 Å². The van der Waals surface area contributed by atoms with E-state index in [4.69, 9.17) is 4.42 Å². The van der Waals surface area contributed by atoms with Gasteiger partial charge in [0.2, 0.25) is 0 Å². The number of rotatable bonds is 3. The maximum absolute atomic E-state index is 13.7. The van der Waals surface area contributed by atoms with Crippen LogP contribution >= 0.6 is 0 Å². The predicted octanol–water partition coefficient (Wildman–Crippen LogP) is 4.48. The Labute approximate surface area is 125 Å². The molecule has 0 radical (unpaired) electrons. The lowest BCUT2D eigenvalue weighted by atomic mass is 10.1. The third-order valence-electron chi connectivity index (χ3n) is 3.05. The van der Waals surface area contributed by atoms with Gasteiger partial charge in [-0.25, -0.2) is 8.78 Å². The fourth-order valence-electron chi connectivity index (χ4n) is 2.02. The Morgan fingerprint density at radius 2 is 1.77 bits per heavy atom. The van der Waals surface area contributed by atoms with Gasteiger partial charge in [-0.15, -0.1) is 0 Å². The highest BCUT2D eigenvalue weighted by Crippen LogP contribution is 2.25. The van der Waals surface area contributed by atoms with Gasteiger partial charge in [-0.2, -0.15) is 0 Å². The second-order valence-corrected chi connectivity index (χ2v) is 4.61. The Balaban J connectivity index is 1.82. The molecule has 3 aromatic rings. The second kappa shape index (κ2) is 5.81. The molecule has 110 valence electrons. The minimum absolute atomic E-state index is 0.0162. The topological polar surface area (TPSA) is 42.2 Å². The molecule has 0 aliphatic rings. The number of hydrogen-bond acceptors (Lipinski definition) is 2. The quantitative estimate of drug-likeness (QED) is 0.775. The zero-order valence-electron chi connectivity index (χ0n) is 11.3. The number of anilines is 1. The molecule has 5 heteroatoms. The number of nitrogens with one attached hydrogen (secondary N) is 1. The van der Waals surface area contributed by atoms with E-state index in [1.807, 2.05) is 0 Å². The molecular formula is C17H11F2NO2. The fraction of sp³-hybridized carbons (Fsp3) is 0. The van der Waals surface area contributed by atoms with Crippen LogP contribution in [0.1, 0.15) is 10.6 Å². The second-order valence-electron chi connectivity index (χ2n) is 4.61. The van der Waals surface area contributed by atoms with Gasteiger partial charge in [-0.1, -0.05) is 18.2 Å². The highest BCUT2D eigenvalue weighted by molar-refractivity contribution is 6.02. The summed E-state index contributed by atoms with van der Waals surface area (Å²) in [6.45, 7) is 0. The van der Waals surface area contributed by atoms with E-state index in [-0.39, 0.29) is 17.1 Å². The number of halogens is 2. The van der Waals surface area contributed by atoms with Crippen LogP contribution in [0.2, 0.25) is 0 Å². The van der Waals surface area contributed by atoms with Crippen LogP contribution in [0.4, 0.5) is 14.5 Å². The van der Waals surface area contributed by atoms with Gasteiger partial charge in [0.15, 0.2) is 5.76 Å². The van der Waals surface area contributed by atoms with Gasteiger partial charge in [0, 0.05) is 5.69 Å². The minimum Gasteiger partial charge on any atom is -0.451 e. The van der Waals surface area contributed by atoms with Crippen molar-refractivity contribution in [1.82, 2.24) is 0 Å². The molecule has 0 unspecified atom stereocenters. The van der Waals surface area contributed by atoms with Crippen molar-refractivity contribution in [3.8, 4) is 11.3 Å². The van der Waals surface area contributed by atoms with Crippen LogP contribution in [0, 0.1) is 11.6 Å². The molecule has 0 saturated carbocycles. The van der Waals surface area contributed by atoms with Crippen LogP contribution in [0.5, 0.6) is 0 Å². The molecule has 3 rings (SSSR count). The molecule has 0 bridgehead atoms. The van der Waals surface area contributed by atoms with Crippen molar-refractivity contribution in [2.75, 3.05) is 5.32 Å². The first kappa shape index (κ1) is 14.0. The van der Waals surface area contributed by atoms with Crippen molar-refractivity contribution in [2.24, 2.45) is 0 Å². The van der Waals surface area contributed by atoms with Gasteiger partial charge in [-0.05, 0) is 42.5 Å². The summed E-state index contributed by atoms with van der Waals surface area (Å²) in [7, 11) is 0. The van der Waals surface area contributed by atoms with Crippen molar-refractivity contribution in [2.45, 2.75) is 0 Å². The van der Waals surface area contributed by atoms with Gasteiger partial charge in [-0.3, -0.25) is 4.79 Å². The number of hydrogen-bond donors (Lipinski definition) is 1. The molecular weight excluding hydrogens is 288 g/mol. The van der Waals surface area contributed by atoms with Gasteiger partial charge >= 0.3 is 0 Å². The molecule has 0 spiro atoms. The van der Waals surface area contributed by atoms with Crippen molar-refractivity contribution in [1.29, 1.82) is 0 Å². The van der Waals surface area contributed by atoms with Crippen molar-refractivity contribution < 1.29 is 18.0 Å². The molecule has 0 atom stereocenters. The molecule has 0 saturated heterocycles. The number of carbonyl (C=O) groups is 1. The number of furan rings is 1. The maximum Gasteiger partial charge on any atom is 0.291 e. The summed E-state index contributed by atoms with van der Waals surface area (Å²) >= 11 is 0. The van der Waals surface area contributed by atoms with E-state index in [2.05, 4.69) is 5.32 Å². The van der Waals surface area contributed by atoms with E-state index >= 15 is 0 Å². The average molecular weight is 299 g/mol. The summed E-state index contributed by atoms with van der Waals surface area (Å²) in [5.41, 5.74) is 0.584. The standard InChI is InChI=1S/C17H11F2NO2/c18-11-4-3-5-12(10-11)20-17(21)16-9-8-15(22-16)13-6-1-2-7-14(13)19/h1-10H,(H,20,21). The molecule has 1 heterocycles. The number of amides is 1. The zero-order chi connectivity index (χ0) is 15.5. The van der Waals surface area contributed by atoms with E-state index in [1.54, 1.807) is 24.3 Å². The molecule has 1 aromatic heterocycles. The van der Waals surface area contributed by atoms with E-state index in [9.17, 15) is 13.6 Å². The number of benzene rings is 2. The van der Waals surface area contributed by atoms with Gasteiger partial charge < -0.3 is 9.73 Å². The van der Waals surface area contributed by atoms with Crippen molar-refractivity contribution >= 4 is 11.6 Å². The lowest BCUT2D eigenvalue weighted by molar-refractivity contribution is 0.0997. The Morgan fingerprint density at radius 3 is 2.55 bits per heavy atom. The van der Waals surface area contributed by atoms with Crippen LogP contribution in [0.15, 0.2) is 65.1 Å². The molecule has 0 fully saturated rings. The summed E-state index contributed by atoms with van der Waals surface area (Å²) in [5.74, 6) is -1.16. The van der Waals surface area contributed by atoms with Crippen LogP contribution in [0.3, 0.4) is 0 Å². The monoisotopic (exact) mass is 299 g/mol. The van der Waals surface area contributed by atoms with Crippen LogP contribution < -0.4 is 5.32 Å². The molecule has 3 nitrogen and oxygen atoms in total. The average Bonchev–Trinajstić information content (AvgIpc) is 2.97. The highest BCUT2D eigenvalue weighted by Gasteiger charge is 2.14. The smallest absolute Gasteiger partial charge is 0.291 e. The summed E-state index contributed by atoms with van der Waals surface area (Å²) in [4.78, 5) is 12.0. The summed E-state index contributed by atoms with van der Waals surface area (Å²) in [6, 6.07) is 14.6. The SMILES string of the molecule is O=C(Nc1cccc(F)c1)c1ccc(-c2ccccc2F)o1.